The molecule has 0 aromatic heterocycles. The molecule has 0 spiro atoms. The molecule has 1 atom stereocenters. The van der Waals surface area contributed by atoms with E-state index >= 15 is 0 Å². The van der Waals surface area contributed by atoms with Crippen LogP contribution in [-0.2, 0) is 9.53 Å². The summed E-state index contributed by atoms with van der Waals surface area (Å²) in [5, 5.41) is 3.05. The Kier molecular flexibility index (Phi) is 7.06. The SMILES string of the molecule is Cc1ccc([C@H](CNC(=O)COc2cccc(C)c2C)N2CCOCC2)cc1. The van der Waals surface area contributed by atoms with Crippen LogP contribution in [0.25, 0.3) is 0 Å². The van der Waals surface area contributed by atoms with Crippen LogP contribution in [0.2, 0.25) is 0 Å². The molecule has 1 fully saturated rings. The van der Waals surface area contributed by atoms with Crippen molar-refractivity contribution in [3.63, 3.8) is 0 Å². The Labute approximate surface area is 167 Å². The molecule has 1 aliphatic heterocycles. The maximum atomic E-state index is 12.4. The molecular formula is C23H30N2O3. The lowest BCUT2D eigenvalue weighted by Gasteiger charge is -2.35. The number of carbonyl (C=O) groups is 1. The van der Waals surface area contributed by atoms with Gasteiger partial charge in [-0.2, -0.15) is 0 Å². The third kappa shape index (κ3) is 5.33. The highest BCUT2D eigenvalue weighted by atomic mass is 16.5. The third-order valence-corrected chi connectivity index (χ3v) is 5.35. The van der Waals surface area contributed by atoms with Gasteiger partial charge in [-0.15, -0.1) is 0 Å². The Morgan fingerprint density at radius 2 is 1.82 bits per heavy atom. The normalized spacial score (nSPS) is 15.8. The minimum Gasteiger partial charge on any atom is -0.483 e. The minimum atomic E-state index is -0.105. The molecule has 5 nitrogen and oxygen atoms in total. The van der Waals surface area contributed by atoms with Crippen molar-refractivity contribution in [1.29, 1.82) is 0 Å². The summed E-state index contributed by atoms with van der Waals surface area (Å²) in [4.78, 5) is 14.8. The number of nitrogens with zero attached hydrogens (tertiary/aromatic N) is 1. The van der Waals surface area contributed by atoms with Crippen LogP contribution in [-0.4, -0.2) is 50.3 Å². The highest BCUT2D eigenvalue weighted by Crippen LogP contribution is 2.22. The van der Waals surface area contributed by atoms with Gasteiger partial charge in [0.2, 0.25) is 0 Å². The predicted molar refractivity (Wildman–Crippen MR) is 111 cm³/mol. The summed E-state index contributed by atoms with van der Waals surface area (Å²) < 4.78 is 11.2. The summed E-state index contributed by atoms with van der Waals surface area (Å²) in [6, 6.07) is 14.6. The summed E-state index contributed by atoms with van der Waals surface area (Å²) in [5.74, 6) is 0.657. The van der Waals surface area contributed by atoms with Crippen LogP contribution < -0.4 is 10.1 Å². The lowest BCUT2D eigenvalue weighted by atomic mass is 10.0. The van der Waals surface area contributed by atoms with E-state index in [1.54, 1.807) is 0 Å². The zero-order valence-electron chi connectivity index (χ0n) is 17.0. The summed E-state index contributed by atoms with van der Waals surface area (Å²) in [5.41, 5.74) is 4.67. The minimum absolute atomic E-state index is 0.0218. The van der Waals surface area contributed by atoms with Crippen molar-refractivity contribution in [2.24, 2.45) is 0 Å². The number of rotatable bonds is 7. The van der Waals surface area contributed by atoms with Gasteiger partial charge in [-0.05, 0) is 43.5 Å². The van der Waals surface area contributed by atoms with Crippen LogP contribution in [0.4, 0.5) is 0 Å². The molecule has 1 aliphatic rings. The number of amides is 1. The second kappa shape index (κ2) is 9.71. The molecule has 28 heavy (non-hydrogen) atoms. The van der Waals surface area contributed by atoms with Gasteiger partial charge in [0.15, 0.2) is 6.61 Å². The summed E-state index contributed by atoms with van der Waals surface area (Å²) in [7, 11) is 0. The van der Waals surface area contributed by atoms with Crippen LogP contribution in [0, 0.1) is 20.8 Å². The molecule has 0 saturated carbocycles. The Balaban J connectivity index is 1.60. The molecule has 0 unspecified atom stereocenters. The molecule has 0 aliphatic carbocycles. The van der Waals surface area contributed by atoms with Gasteiger partial charge in [-0.1, -0.05) is 42.0 Å². The van der Waals surface area contributed by atoms with Crippen molar-refractivity contribution in [3.8, 4) is 5.75 Å². The largest absolute Gasteiger partial charge is 0.483 e. The first-order valence-corrected chi connectivity index (χ1v) is 9.88. The molecule has 1 amide bonds. The predicted octanol–water partition coefficient (Wildman–Crippen LogP) is 3.18. The van der Waals surface area contributed by atoms with Gasteiger partial charge in [0.25, 0.3) is 5.91 Å². The molecule has 1 saturated heterocycles. The number of hydrogen-bond acceptors (Lipinski definition) is 4. The fraction of sp³-hybridized carbons (Fsp3) is 0.435. The number of benzene rings is 2. The standard InChI is InChI=1S/C23H30N2O3/c1-17-7-9-20(10-8-17)21(25-11-13-27-14-12-25)15-24-23(26)16-28-22-6-4-5-18(2)19(22)3/h4-10,21H,11-16H2,1-3H3,(H,24,26)/t21-/m0/s1. The number of aryl methyl sites for hydroxylation is 2. The molecule has 1 N–H and O–H groups in total. The van der Waals surface area contributed by atoms with Crippen LogP contribution in [0.15, 0.2) is 42.5 Å². The molecule has 1 heterocycles. The third-order valence-electron chi connectivity index (χ3n) is 5.35. The van der Waals surface area contributed by atoms with Gasteiger partial charge in [-0.25, -0.2) is 0 Å². The zero-order chi connectivity index (χ0) is 19.9. The zero-order valence-corrected chi connectivity index (χ0v) is 17.0. The van der Waals surface area contributed by atoms with E-state index in [0.29, 0.717) is 6.54 Å². The van der Waals surface area contributed by atoms with Crippen molar-refractivity contribution in [2.45, 2.75) is 26.8 Å². The topological polar surface area (TPSA) is 50.8 Å². The molecule has 3 rings (SSSR count). The van der Waals surface area contributed by atoms with Crippen molar-refractivity contribution in [1.82, 2.24) is 10.2 Å². The number of ether oxygens (including phenoxy) is 2. The maximum absolute atomic E-state index is 12.4. The lowest BCUT2D eigenvalue weighted by Crippen LogP contribution is -2.44. The summed E-state index contributed by atoms with van der Waals surface area (Å²) >= 11 is 0. The van der Waals surface area contributed by atoms with Gasteiger partial charge < -0.3 is 14.8 Å². The highest BCUT2D eigenvalue weighted by molar-refractivity contribution is 5.77. The van der Waals surface area contributed by atoms with Crippen LogP contribution in [0.5, 0.6) is 5.75 Å². The first-order chi connectivity index (χ1) is 13.5. The molecular weight excluding hydrogens is 352 g/mol. The second-order valence-corrected chi connectivity index (χ2v) is 7.37. The molecule has 2 aromatic rings. The average molecular weight is 383 g/mol. The molecule has 0 radical (unpaired) electrons. The van der Waals surface area contributed by atoms with Crippen LogP contribution in [0.3, 0.4) is 0 Å². The Hall–Kier alpha value is -2.37. The van der Waals surface area contributed by atoms with Crippen molar-refractivity contribution in [2.75, 3.05) is 39.5 Å². The van der Waals surface area contributed by atoms with E-state index in [-0.39, 0.29) is 18.6 Å². The van der Waals surface area contributed by atoms with Crippen molar-refractivity contribution >= 4 is 5.91 Å². The maximum Gasteiger partial charge on any atom is 0.258 e. The molecule has 150 valence electrons. The number of carbonyl (C=O) groups excluding carboxylic acids is 1. The summed E-state index contributed by atoms with van der Waals surface area (Å²) in [6.45, 7) is 9.90. The van der Waals surface area contributed by atoms with E-state index in [2.05, 4.69) is 41.4 Å². The van der Waals surface area contributed by atoms with E-state index in [4.69, 9.17) is 9.47 Å². The van der Waals surface area contributed by atoms with E-state index in [9.17, 15) is 4.79 Å². The van der Waals surface area contributed by atoms with E-state index in [1.807, 2.05) is 32.0 Å². The van der Waals surface area contributed by atoms with Crippen molar-refractivity contribution in [3.05, 3.63) is 64.7 Å². The fourth-order valence-electron chi connectivity index (χ4n) is 3.42. The Morgan fingerprint density at radius 3 is 2.54 bits per heavy atom. The number of morpholine rings is 1. The lowest BCUT2D eigenvalue weighted by molar-refractivity contribution is -0.123. The monoisotopic (exact) mass is 382 g/mol. The average Bonchev–Trinajstić information content (AvgIpc) is 2.71. The number of nitrogens with one attached hydrogen (secondary N) is 1. The first-order valence-electron chi connectivity index (χ1n) is 9.88. The molecule has 2 aromatic carbocycles. The van der Waals surface area contributed by atoms with E-state index in [0.717, 1.165) is 43.2 Å². The smallest absolute Gasteiger partial charge is 0.258 e. The van der Waals surface area contributed by atoms with Gasteiger partial charge >= 0.3 is 0 Å². The van der Waals surface area contributed by atoms with Crippen LogP contribution in [0.1, 0.15) is 28.3 Å². The summed E-state index contributed by atoms with van der Waals surface area (Å²) in [6.07, 6.45) is 0. The van der Waals surface area contributed by atoms with Crippen molar-refractivity contribution < 1.29 is 14.3 Å². The Morgan fingerprint density at radius 1 is 1.11 bits per heavy atom. The van der Waals surface area contributed by atoms with E-state index < -0.39 is 0 Å². The Bertz CT molecular complexity index is 783. The van der Waals surface area contributed by atoms with Crippen LogP contribution >= 0.6 is 0 Å². The molecule has 0 bridgehead atoms. The molecule has 5 heteroatoms. The van der Waals surface area contributed by atoms with Gasteiger partial charge in [-0.3, -0.25) is 9.69 Å². The van der Waals surface area contributed by atoms with E-state index in [1.165, 1.54) is 11.1 Å². The first kappa shape index (κ1) is 20.4. The second-order valence-electron chi connectivity index (χ2n) is 7.37. The highest BCUT2D eigenvalue weighted by Gasteiger charge is 2.23. The van der Waals surface area contributed by atoms with Gasteiger partial charge in [0.05, 0.1) is 19.3 Å². The number of hydrogen-bond donors (Lipinski definition) is 1. The fourth-order valence-corrected chi connectivity index (χ4v) is 3.42. The quantitative estimate of drug-likeness (QED) is 0.799. The van der Waals surface area contributed by atoms with Gasteiger partial charge in [0.1, 0.15) is 5.75 Å². The van der Waals surface area contributed by atoms with Gasteiger partial charge in [0, 0.05) is 19.6 Å².